The summed E-state index contributed by atoms with van der Waals surface area (Å²) >= 11 is 1.43. The molecule has 2 aromatic rings. The Balaban J connectivity index is 0.00000420. The van der Waals surface area contributed by atoms with E-state index in [0.29, 0.717) is 31.3 Å². The van der Waals surface area contributed by atoms with Gasteiger partial charge in [-0.25, -0.2) is 9.38 Å². The van der Waals surface area contributed by atoms with Crippen LogP contribution in [0.3, 0.4) is 0 Å². The summed E-state index contributed by atoms with van der Waals surface area (Å²) in [5.74, 6) is 0.803. The molecular formula is C20H28FIN4O2S. The molecule has 1 amide bonds. The first-order chi connectivity index (χ1) is 13.6. The van der Waals surface area contributed by atoms with E-state index in [9.17, 15) is 9.18 Å². The van der Waals surface area contributed by atoms with Crippen molar-refractivity contribution in [3.8, 4) is 5.75 Å². The van der Waals surface area contributed by atoms with Crippen LogP contribution in [0.1, 0.15) is 29.9 Å². The molecule has 0 saturated carbocycles. The highest BCUT2D eigenvalue weighted by Crippen LogP contribution is 2.13. The maximum absolute atomic E-state index is 13.2. The third kappa shape index (κ3) is 9.93. The van der Waals surface area contributed by atoms with Crippen LogP contribution in [0, 0.1) is 5.82 Å². The van der Waals surface area contributed by atoms with E-state index in [1.807, 2.05) is 25.3 Å². The maximum Gasteiger partial charge on any atom is 0.261 e. The molecule has 6 nitrogen and oxygen atoms in total. The Kier molecular flexibility index (Phi) is 12.3. The number of rotatable bonds is 10. The Morgan fingerprint density at radius 3 is 2.69 bits per heavy atom. The van der Waals surface area contributed by atoms with Gasteiger partial charge >= 0.3 is 0 Å². The molecule has 1 aromatic heterocycles. The zero-order chi connectivity index (χ0) is 20.2. The van der Waals surface area contributed by atoms with Crippen LogP contribution in [0.25, 0.3) is 0 Å². The van der Waals surface area contributed by atoms with E-state index in [1.54, 1.807) is 18.2 Å². The summed E-state index contributed by atoms with van der Waals surface area (Å²) in [6, 6.07) is 9.74. The molecule has 0 spiro atoms. The van der Waals surface area contributed by atoms with E-state index in [4.69, 9.17) is 4.74 Å². The van der Waals surface area contributed by atoms with E-state index in [-0.39, 0.29) is 41.8 Å². The lowest BCUT2D eigenvalue weighted by Gasteiger charge is -2.15. The number of thiophene rings is 1. The predicted octanol–water partition coefficient (Wildman–Crippen LogP) is 3.65. The van der Waals surface area contributed by atoms with Crippen LogP contribution in [0.15, 0.2) is 46.8 Å². The van der Waals surface area contributed by atoms with Crippen molar-refractivity contribution in [1.82, 2.24) is 16.0 Å². The van der Waals surface area contributed by atoms with E-state index >= 15 is 0 Å². The minimum absolute atomic E-state index is 0. The fourth-order valence-electron chi connectivity index (χ4n) is 2.36. The smallest absolute Gasteiger partial charge is 0.261 e. The van der Waals surface area contributed by atoms with E-state index in [1.165, 1.54) is 23.5 Å². The topological polar surface area (TPSA) is 74.8 Å². The SMILES string of the molecule is CCNC(=NCC(C)Oc1cccc(F)c1)NCCCNC(=O)c1cccs1.I. The number of nitrogens with one attached hydrogen (secondary N) is 3. The molecule has 1 atom stereocenters. The Bertz CT molecular complexity index is 759. The molecule has 0 radical (unpaired) electrons. The number of hydrogen-bond donors (Lipinski definition) is 3. The largest absolute Gasteiger partial charge is 0.489 e. The minimum atomic E-state index is -0.325. The molecule has 0 fully saturated rings. The number of aliphatic imine (C=N–C) groups is 1. The first kappa shape index (κ1) is 25.2. The quantitative estimate of drug-likeness (QED) is 0.188. The van der Waals surface area contributed by atoms with Gasteiger partial charge in [0.25, 0.3) is 5.91 Å². The van der Waals surface area contributed by atoms with Crippen LogP contribution in [-0.4, -0.2) is 44.1 Å². The van der Waals surface area contributed by atoms with Gasteiger partial charge in [0, 0.05) is 25.7 Å². The third-order valence-corrected chi connectivity index (χ3v) is 4.53. The molecule has 3 N–H and O–H groups in total. The average Bonchev–Trinajstić information content (AvgIpc) is 3.20. The van der Waals surface area contributed by atoms with Crippen LogP contribution >= 0.6 is 35.3 Å². The van der Waals surface area contributed by atoms with Gasteiger partial charge in [-0.1, -0.05) is 12.1 Å². The zero-order valence-corrected chi connectivity index (χ0v) is 19.8. The molecule has 0 aliphatic carbocycles. The molecular weight excluding hydrogens is 506 g/mol. The summed E-state index contributed by atoms with van der Waals surface area (Å²) < 4.78 is 18.9. The lowest BCUT2D eigenvalue weighted by Crippen LogP contribution is -2.39. The van der Waals surface area contributed by atoms with Gasteiger partial charge in [-0.2, -0.15) is 0 Å². The summed E-state index contributed by atoms with van der Waals surface area (Å²) in [6.45, 7) is 6.31. The second-order valence-electron chi connectivity index (χ2n) is 6.12. The van der Waals surface area contributed by atoms with Gasteiger partial charge in [0.1, 0.15) is 17.7 Å². The number of carbonyl (C=O) groups is 1. The highest BCUT2D eigenvalue weighted by Gasteiger charge is 2.06. The Morgan fingerprint density at radius 2 is 2.00 bits per heavy atom. The molecule has 2 rings (SSSR count). The Labute approximate surface area is 192 Å². The van der Waals surface area contributed by atoms with Crippen LogP contribution < -0.4 is 20.7 Å². The molecule has 160 valence electrons. The number of guanidine groups is 1. The number of nitrogens with zero attached hydrogens (tertiary/aromatic N) is 1. The van der Waals surface area contributed by atoms with Gasteiger partial charge in [0.05, 0.1) is 11.4 Å². The third-order valence-electron chi connectivity index (χ3n) is 3.66. The maximum atomic E-state index is 13.2. The molecule has 29 heavy (non-hydrogen) atoms. The van der Waals surface area contributed by atoms with Crippen LogP contribution in [0.4, 0.5) is 4.39 Å². The number of carbonyl (C=O) groups excluding carboxylic acids is 1. The molecule has 1 heterocycles. The monoisotopic (exact) mass is 534 g/mol. The molecule has 0 saturated heterocycles. The summed E-state index contributed by atoms with van der Waals surface area (Å²) in [7, 11) is 0. The highest BCUT2D eigenvalue weighted by molar-refractivity contribution is 14.0. The average molecular weight is 534 g/mol. The second kappa shape index (κ2) is 14.2. The van der Waals surface area contributed by atoms with Gasteiger partial charge in [0.2, 0.25) is 0 Å². The van der Waals surface area contributed by atoms with Gasteiger partial charge < -0.3 is 20.7 Å². The number of hydrogen-bond acceptors (Lipinski definition) is 4. The van der Waals surface area contributed by atoms with Gasteiger partial charge in [0.15, 0.2) is 5.96 Å². The fraction of sp³-hybridized carbons (Fsp3) is 0.400. The van der Waals surface area contributed by atoms with Crippen molar-refractivity contribution < 1.29 is 13.9 Å². The first-order valence-corrected chi connectivity index (χ1v) is 10.2. The van der Waals surface area contributed by atoms with Crippen molar-refractivity contribution in [3.63, 3.8) is 0 Å². The van der Waals surface area contributed by atoms with Crippen molar-refractivity contribution in [1.29, 1.82) is 0 Å². The van der Waals surface area contributed by atoms with E-state index in [0.717, 1.165) is 17.8 Å². The fourth-order valence-corrected chi connectivity index (χ4v) is 3.00. The lowest BCUT2D eigenvalue weighted by molar-refractivity contribution is 0.0957. The Hall–Kier alpha value is -1.88. The Morgan fingerprint density at radius 1 is 1.21 bits per heavy atom. The highest BCUT2D eigenvalue weighted by atomic mass is 127. The molecule has 0 bridgehead atoms. The molecule has 1 unspecified atom stereocenters. The van der Waals surface area contributed by atoms with Gasteiger partial charge in [-0.15, -0.1) is 35.3 Å². The van der Waals surface area contributed by atoms with Crippen LogP contribution in [0.5, 0.6) is 5.75 Å². The zero-order valence-electron chi connectivity index (χ0n) is 16.6. The van der Waals surface area contributed by atoms with Crippen LogP contribution in [-0.2, 0) is 0 Å². The summed E-state index contributed by atoms with van der Waals surface area (Å²) in [5, 5.41) is 11.2. The van der Waals surface area contributed by atoms with Crippen molar-refractivity contribution >= 4 is 47.2 Å². The summed E-state index contributed by atoms with van der Waals surface area (Å²) in [4.78, 5) is 17.1. The van der Waals surface area contributed by atoms with Gasteiger partial charge in [-0.05, 0) is 43.8 Å². The molecule has 9 heteroatoms. The van der Waals surface area contributed by atoms with E-state index in [2.05, 4.69) is 20.9 Å². The first-order valence-electron chi connectivity index (χ1n) is 9.34. The predicted molar refractivity (Wildman–Crippen MR) is 127 cm³/mol. The van der Waals surface area contributed by atoms with Crippen molar-refractivity contribution in [2.24, 2.45) is 4.99 Å². The van der Waals surface area contributed by atoms with Crippen molar-refractivity contribution in [3.05, 3.63) is 52.5 Å². The van der Waals surface area contributed by atoms with E-state index < -0.39 is 0 Å². The van der Waals surface area contributed by atoms with Crippen LogP contribution in [0.2, 0.25) is 0 Å². The number of amides is 1. The summed E-state index contributed by atoms with van der Waals surface area (Å²) in [6.07, 6.45) is 0.582. The van der Waals surface area contributed by atoms with Crippen molar-refractivity contribution in [2.75, 3.05) is 26.2 Å². The normalized spacial score (nSPS) is 11.9. The standard InChI is InChI=1S/C20H27FN4O2S.HI/c1-3-22-20(24-11-6-10-23-19(26)18-9-5-12-28-18)25-14-15(2)27-17-8-4-7-16(21)13-17;/h4-5,7-9,12-13,15H,3,6,10-11,14H2,1-2H3,(H,23,26)(H2,22,24,25);1H. The minimum Gasteiger partial charge on any atom is -0.489 e. The molecule has 1 aromatic carbocycles. The number of ether oxygens (including phenoxy) is 1. The number of halogens is 2. The second-order valence-corrected chi connectivity index (χ2v) is 7.07. The molecule has 0 aliphatic rings. The molecule has 0 aliphatic heterocycles. The van der Waals surface area contributed by atoms with Gasteiger partial charge in [-0.3, -0.25) is 4.79 Å². The number of benzene rings is 1. The summed E-state index contributed by atoms with van der Waals surface area (Å²) in [5.41, 5.74) is 0. The lowest BCUT2D eigenvalue weighted by atomic mass is 10.3. The van der Waals surface area contributed by atoms with Crippen molar-refractivity contribution in [2.45, 2.75) is 26.4 Å².